The molecule has 0 spiro atoms. The summed E-state index contributed by atoms with van der Waals surface area (Å²) >= 11 is 0. The van der Waals surface area contributed by atoms with Gasteiger partial charge < -0.3 is 29.0 Å². The second-order valence-corrected chi connectivity index (χ2v) is 8.04. The maximum atomic E-state index is 13.1. The molecule has 10 nitrogen and oxygen atoms in total. The van der Waals surface area contributed by atoms with Crippen molar-refractivity contribution >= 4 is 17.5 Å². The van der Waals surface area contributed by atoms with Gasteiger partial charge in [-0.25, -0.2) is 0 Å². The monoisotopic (exact) mass is 480 g/mol. The van der Waals surface area contributed by atoms with Crippen LogP contribution >= 0.6 is 0 Å². The molecule has 1 aliphatic heterocycles. The van der Waals surface area contributed by atoms with E-state index in [0.29, 0.717) is 47.6 Å². The van der Waals surface area contributed by atoms with Crippen LogP contribution in [-0.2, 0) is 11.2 Å². The van der Waals surface area contributed by atoms with Gasteiger partial charge in [-0.15, -0.1) is 0 Å². The van der Waals surface area contributed by atoms with Crippen molar-refractivity contribution in [1.29, 1.82) is 0 Å². The Kier molecular flexibility index (Phi) is 7.49. The summed E-state index contributed by atoms with van der Waals surface area (Å²) in [4.78, 5) is 32.0. The van der Waals surface area contributed by atoms with Gasteiger partial charge in [-0.3, -0.25) is 9.59 Å². The number of nitrogens with one attached hydrogen (secondary N) is 1. The van der Waals surface area contributed by atoms with Crippen LogP contribution in [0.3, 0.4) is 0 Å². The number of anilines is 1. The number of carbonyl (C=O) groups is 2. The highest BCUT2D eigenvalue weighted by molar-refractivity contribution is 6.04. The van der Waals surface area contributed by atoms with Gasteiger partial charge in [-0.1, -0.05) is 5.16 Å². The highest BCUT2D eigenvalue weighted by Crippen LogP contribution is 2.34. The van der Waals surface area contributed by atoms with Gasteiger partial charge in [-0.05, 0) is 43.2 Å². The molecular formula is C25H28N4O6. The highest BCUT2D eigenvalue weighted by atomic mass is 16.5. The number of hydrogen-bond acceptors (Lipinski definition) is 8. The van der Waals surface area contributed by atoms with Crippen molar-refractivity contribution in [2.45, 2.75) is 25.7 Å². The van der Waals surface area contributed by atoms with Crippen molar-refractivity contribution in [2.24, 2.45) is 0 Å². The van der Waals surface area contributed by atoms with Crippen LogP contribution in [0.15, 0.2) is 40.9 Å². The number of ether oxygens (including phenoxy) is 3. The molecule has 35 heavy (non-hydrogen) atoms. The van der Waals surface area contributed by atoms with E-state index in [1.54, 1.807) is 24.1 Å². The number of aromatic nitrogens is 2. The van der Waals surface area contributed by atoms with E-state index in [4.69, 9.17) is 18.7 Å². The number of benzene rings is 2. The van der Waals surface area contributed by atoms with Crippen LogP contribution in [0.2, 0.25) is 0 Å². The molecule has 0 aliphatic carbocycles. The average molecular weight is 481 g/mol. The zero-order valence-corrected chi connectivity index (χ0v) is 20.0. The fourth-order valence-corrected chi connectivity index (χ4v) is 3.90. The third kappa shape index (κ3) is 5.53. The standard InChI is InChI=1S/C25H28N4O6/c1-32-17-8-6-16(7-9-17)24-27-23(35-28-24)11-10-22(30)26-19-15-21(34-3)20(33-2)14-18(19)25(31)29-12-4-5-13-29/h6-9,14-15H,4-5,10-13H2,1-3H3,(H,26,30). The van der Waals surface area contributed by atoms with Crippen LogP contribution in [0, 0.1) is 0 Å². The zero-order chi connectivity index (χ0) is 24.8. The van der Waals surface area contributed by atoms with E-state index < -0.39 is 0 Å². The fraction of sp³-hybridized carbons (Fsp3) is 0.360. The number of carbonyl (C=O) groups excluding carboxylic acids is 2. The molecule has 4 rings (SSSR count). The summed E-state index contributed by atoms with van der Waals surface area (Å²) in [7, 11) is 4.60. The zero-order valence-electron chi connectivity index (χ0n) is 20.0. The summed E-state index contributed by atoms with van der Waals surface area (Å²) < 4.78 is 21.2. The van der Waals surface area contributed by atoms with Gasteiger partial charge in [0.05, 0.1) is 32.6 Å². The molecule has 0 radical (unpaired) electrons. The van der Waals surface area contributed by atoms with Crippen LogP contribution in [0.4, 0.5) is 5.69 Å². The molecule has 1 aromatic heterocycles. The van der Waals surface area contributed by atoms with Gasteiger partial charge in [0, 0.05) is 37.6 Å². The minimum Gasteiger partial charge on any atom is -0.497 e. The number of amides is 2. The lowest BCUT2D eigenvalue weighted by molar-refractivity contribution is -0.116. The van der Waals surface area contributed by atoms with Crippen molar-refractivity contribution in [3.8, 4) is 28.6 Å². The summed E-state index contributed by atoms with van der Waals surface area (Å²) in [5.74, 6) is 1.89. The SMILES string of the molecule is COc1ccc(-c2noc(CCC(=O)Nc3cc(OC)c(OC)cc3C(=O)N3CCCC3)n2)cc1. The molecule has 0 atom stereocenters. The second kappa shape index (κ2) is 10.9. The quantitative estimate of drug-likeness (QED) is 0.494. The smallest absolute Gasteiger partial charge is 0.256 e. The summed E-state index contributed by atoms with van der Waals surface area (Å²) in [6.45, 7) is 1.38. The highest BCUT2D eigenvalue weighted by Gasteiger charge is 2.25. The lowest BCUT2D eigenvalue weighted by atomic mass is 10.1. The molecular weight excluding hydrogens is 452 g/mol. The third-order valence-corrected chi connectivity index (χ3v) is 5.80. The number of aryl methyl sites for hydroxylation is 1. The molecule has 10 heteroatoms. The van der Waals surface area contributed by atoms with Crippen LogP contribution in [0.25, 0.3) is 11.4 Å². The lowest BCUT2D eigenvalue weighted by Gasteiger charge is -2.20. The van der Waals surface area contributed by atoms with Gasteiger partial charge in [0.15, 0.2) is 11.5 Å². The average Bonchev–Trinajstić information content (AvgIpc) is 3.59. The summed E-state index contributed by atoms with van der Waals surface area (Å²) in [6, 6.07) is 10.5. The van der Waals surface area contributed by atoms with Crippen molar-refractivity contribution < 1.29 is 28.3 Å². The summed E-state index contributed by atoms with van der Waals surface area (Å²) in [5.41, 5.74) is 1.51. The number of likely N-dealkylation sites (tertiary alicyclic amines) is 1. The minimum absolute atomic E-state index is 0.0932. The Morgan fingerprint density at radius 2 is 1.69 bits per heavy atom. The van der Waals surface area contributed by atoms with Crippen LogP contribution in [-0.4, -0.2) is 61.3 Å². The Morgan fingerprint density at radius 3 is 2.34 bits per heavy atom. The molecule has 184 valence electrons. The van der Waals surface area contributed by atoms with Gasteiger partial charge in [-0.2, -0.15) is 4.98 Å². The molecule has 0 bridgehead atoms. The van der Waals surface area contributed by atoms with Crippen LogP contribution in [0.5, 0.6) is 17.2 Å². The largest absolute Gasteiger partial charge is 0.497 e. The van der Waals surface area contributed by atoms with E-state index in [2.05, 4.69) is 15.5 Å². The molecule has 0 saturated carbocycles. The maximum absolute atomic E-state index is 13.1. The molecule has 0 unspecified atom stereocenters. The summed E-state index contributed by atoms with van der Waals surface area (Å²) in [5, 5.41) is 6.82. The topological polar surface area (TPSA) is 116 Å². The van der Waals surface area contributed by atoms with Crippen LogP contribution < -0.4 is 19.5 Å². The van der Waals surface area contributed by atoms with E-state index >= 15 is 0 Å². The van der Waals surface area contributed by atoms with Gasteiger partial charge in [0.1, 0.15) is 5.75 Å². The minimum atomic E-state index is -0.295. The van der Waals surface area contributed by atoms with E-state index in [1.165, 1.54) is 14.2 Å². The Balaban J connectivity index is 1.45. The number of nitrogens with zero attached hydrogens (tertiary/aromatic N) is 3. The first-order valence-corrected chi connectivity index (χ1v) is 11.3. The van der Waals surface area contributed by atoms with Gasteiger partial charge in [0.25, 0.3) is 5.91 Å². The molecule has 2 heterocycles. The Hall–Kier alpha value is -4.08. The summed E-state index contributed by atoms with van der Waals surface area (Å²) in [6.07, 6.45) is 2.26. The number of hydrogen-bond donors (Lipinski definition) is 1. The predicted molar refractivity (Wildman–Crippen MR) is 128 cm³/mol. The van der Waals surface area contributed by atoms with Crippen molar-refractivity contribution in [1.82, 2.24) is 15.0 Å². The maximum Gasteiger partial charge on any atom is 0.256 e. The van der Waals surface area contributed by atoms with Gasteiger partial charge >= 0.3 is 0 Å². The Morgan fingerprint density at radius 1 is 1.00 bits per heavy atom. The van der Waals surface area contributed by atoms with E-state index in [0.717, 1.165) is 24.2 Å². The number of methoxy groups -OCH3 is 3. The number of rotatable bonds is 9. The van der Waals surface area contributed by atoms with Crippen molar-refractivity contribution in [3.63, 3.8) is 0 Å². The molecule has 3 aromatic rings. The Bertz CT molecular complexity index is 1190. The lowest BCUT2D eigenvalue weighted by Crippen LogP contribution is -2.29. The first kappa shape index (κ1) is 24.1. The predicted octanol–water partition coefficient (Wildman–Crippen LogP) is 3.57. The first-order chi connectivity index (χ1) is 17.0. The molecule has 2 amide bonds. The van der Waals surface area contributed by atoms with Gasteiger partial charge in [0.2, 0.25) is 17.6 Å². The van der Waals surface area contributed by atoms with Crippen molar-refractivity contribution in [3.05, 3.63) is 47.9 Å². The fourth-order valence-electron chi connectivity index (χ4n) is 3.90. The van der Waals surface area contributed by atoms with E-state index in [9.17, 15) is 9.59 Å². The molecule has 1 saturated heterocycles. The molecule has 2 aromatic carbocycles. The molecule has 1 N–H and O–H groups in total. The normalized spacial score (nSPS) is 12.9. The third-order valence-electron chi connectivity index (χ3n) is 5.80. The molecule has 1 aliphatic rings. The first-order valence-electron chi connectivity index (χ1n) is 11.3. The van der Waals surface area contributed by atoms with E-state index in [-0.39, 0.29) is 24.7 Å². The Labute approximate surface area is 203 Å². The molecule has 1 fully saturated rings. The second-order valence-electron chi connectivity index (χ2n) is 8.04. The van der Waals surface area contributed by atoms with Crippen molar-refractivity contribution in [2.75, 3.05) is 39.7 Å². The van der Waals surface area contributed by atoms with E-state index in [1.807, 2.05) is 24.3 Å². The van der Waals surface area contributed by atoms with Crippen LogP contribution in [0.1, 0.15) is 35.5 Å².